The Hall–Kier alpha value is -3.81. The number of rotatable bonds is 7. The van der Waals surface area contributed by atoms with Gasteiger partial charge in [-0.05, 0) is 19.1 Å². The first-order valence-corrected chi connectivity index (χ1v) is 9.31. The van der Waals surface area contributed by atoms with Crippen molar-refractivity contribution in [1.29, 1.82) is 0 Å². The molecule has 3 rings (SSSR count). The van der Waals surface area contributed by atoms with Crippen molar-refractivity contribution in [3.63, 3.8) is 0 Å². The third-order valence-corrected chi connectivity index (χ3v) is 4.49. The minimum atomic E-state index is -0.461. The second-order valence-corrected chi connectivity index (χ2v) is 6.29. The first kappa shape index (κ1) is 20.9. The molecule has 30 heavy (non-hydrogen) atoms. The summed E-state index contributed by atoms with van der Waals surface area (Å²) in [6.07, 6.45) is 0. The van der Waals surface area contributed by atoms with E-state index >= 15 is 0 Å². The van der Waals surface area contributed by atoms with Gasteiger partial charge in [0.25, 0.3) is 11.8 Å². The third-order valence-electron chi connectivity index (χ3n) is 4.49. The molecular formula is C22H23N3O5. The maximum Gasteiger partial charge on any atom is 0.260 e. The summed E-state index contributed by atoms with van der Waals surface area (Å²) < 4.78 is 15.9. The SMILES string of the molecule is CCNC(=O)c1cc(NC(=O)c2cc(OC)c(OC)cc2OC)nc2ccccc12. The molecule has 156 valence electrons. The zero-order valence-electron chi connectivity index (χ0n) is 17.2. The molecule has 0 spiro atoms. The summed E-state index contributed by atoms with van der Waals surface area (Å²) in [7, 11) is 4.44. The van der Waals surface area contributed by atoms with Crippen molar-refractivity contribution in [3.8, 4) is 17.2 Å². The van der Waals surface area contributed by atoms with Crippen LogP contribution in [0.15, 0.2) is 42.5 Å². The summed E-state index contributed by atoms with van der Waals surface area (Å²) in [5, 5.41) is 6.23. The summed E-state index contributed by atoms with van der Waals surface area (Å²) in [5.41, 5.74) is 1.26. The number of pyridine rings is 1. The van der Waals surface area contributed by atoms with Crippen molar-refractivity contribution in [3.05, 3.63) is 53.6 Å². The predicted molar refractivity (Wildman–Crippen MR) is 114 cm³/mol. The fourth-order valence-electron chi connectivity index (χ4n) is 3.07. The number of carbonyl (C=O) groups is 2. The molecule has 1 aromatic heterocycles. The minimum absolute atomic E-state index is 0.240. The molecule has 0 radical (unpaired) electrons. The van der Waals surface area contributed by atoms with Crippen LogP contribution in [-0.2, 0) is 0 Å². The van der Waals surface area contributed by atoms with Crippen molar-refractivity contribution < 1.29 is 23.8 Å². The Morgan fingerprint density at radius 1 is 0.867 bits per heavy atom. The number of para-hydroxylation sites is 1. The number of aromatic nitrogens is 1. The first-order valence-electron chi connectivity index (χ1n) is 9.31. The van der Waals surface area contributed by atoms with Gasteiger partial charge in [-0.1, -0.05) is 18.2 Å². The summed E-state index contributed by atoms with van der Waals surface area (Å²) in [6, 6.07) is 11.9. The molecule has 8 heteroatoms. The zero-order valence-corrected chi connectivity index (χ0v) is 17.2. The van der Waals surface area contributed by atoms with Crippen LogP contribution in [0, 0.1) is 0 Å². The van der Waals surface area contributed by atoms with Crippen LogP contribution in [0.3, 0.4) is 0 Å². The molecule has 0 aliphatic heterocycles. The van der Waals surface area contributed by atoms with Crippen LogP contribution in [0.5, 0.6) is 17.2 Å². The molecule has 1 heterocycles. The Morgan fingerprint density at radius 2 is 1.53 bits per heavy atom. The number of anilines is 1. The van der Waals surface area contributed by atoms with Gasteiger partial charge in [-0.2, -0.15) is 0 Å². The Morgan fingerprint density at radius 3 is 2.20 bits per heavy atom. The van der Waals surface area contributed by atoms with E-state index in [2.05, 4.69) is 15.6 Å². The van der Waals surface area contributed by atoms with E-state index in [9.17, 15) is 9.59 Å². The highest BCUT2D eigenvalue weighted by molar-refractivity contribution is 6.10. The van der Waals surface area contributed by atoms with Crippen molar-refractivity contribution in [2.75, 3.05) is 33.2 Å². The quantitative estimate of drug-likeness (QED) is 0.622. The van der Waals surface area contributed by atoms with Crippen LogP contribution in [0.4, 0.5) is 5.82 Å². The summed E-state index contributed by atoms with van der Waals surface area (Å²) >= 11 is 0. The highest BCUT2D eigenvalue weighted by atomic mass is 16.5. The molecule has 0 bridgehead atoms. The predicted octanol–water partition coefficient (Wildman–Crippen LogP) is 3.26. The van der Waals surface area contributed by atoms with Crippen LogP contribution in [0.25, 0.3) is 10.9 Å². The van der Waals surface area contributed by atoms with Crippen molar-refractivity contribution in [2.24, 2.45) is 0 Å². The van der Waals surface area contributed by atoms with Crippen LogP contribution in [0.1, 0.15) is 27.6 Å². The molecule has 0 aliphatic carbocycles. The Kier molecular flexibility index (Phi) is 6.36. The summed E-state index contributed by atoms with van der Waals surface area (Å²) in [4.78, 5) is 30.0. The third kappa shape index (κ3) is 4.12. The molecule has 2 amide bonds. The van der Waals surface area contributed by atoms with E-state index in [4.69, 9.17) is 14.2 Å². The molecule has 0 atom stereocenters. The average Bonchev–Trinajstić information content (AvgIpc) is 2.77. The van der Waals surface area contributed by atoms with Gasteiger partial charge in [0, 0.05) is 24.1 Å². The molecule has 0 fully saturated rings. The number of methoxy groups -OCH3 is 3. The number of benzene rings is 2. The number of ether oxygens (including phenoxy) is 3. The van der Waals surface area contributed by atoms with Gasteiger partial charge in [0.15, 0.2) is 11.5 Å². The number of fused-ring (bicyclic) bond motifs is 1. The largest absolute Gasteiger partial charge is 0.496 e. The highest BCUT2D eigenvalue weighted by Gasteiger charge is 2.19. The Bertz CT molecular complexity index is 1100. The summed E-state index contributed by atoms with van der Waals surface area (Å²) in [5.74, 6) is 0.686. The summed E-state index contributed by atoms with van der Waals surface area (Å²) in [6.45, 7) is 2.33. The molecule has 0 saturated heterocycles. The Balaban J connectivity index is 2.02. The smallest absolute Gasteiger partial charge is 0.260 e. The maximum absolute atomic E-state index is 13.0. The standard InChI is InChI=1S/C22H23N3O5/c1-5-23-21(26)14-11-20(24-16-9-7-6-8-13(14)16)25-22(27)15-10-18(29-3)19(30-4)12-17(15)28-2/h6-12H,5H2,1-4H3,(H,23,26)(H,24,25,27). The minimum Gasteiger partial charge on any atom is -0.496 e. The lowest BCUT2D eigenvalue weighted by atomic mass is 10.1. The van der Waals surface area contributed by atoms with Gasteiger partial charge in [-0.15, -0.1) is 0 Å². The molecule has 0 aliphatic rings. The first-order chi connectivity index (χ1) is 14.5. The van der Waals surface area contributed by atoms with E-state index < -0.39 is 5.91 Å². The normalized spacial score (nSPS) is 10.4. The number of nitrogens with one attached hydrogen (secondary N) is 2. The number of hydrogen-bond acceptors (Lipinski definition) is 6. The molecular weight excluding hydrogens is 386 g/mol. The molecule has 0 saturated carbocycles. The van der Waals surface area contributed by atoms with Crippen molar-refractivity contribution in [1.82, 2.24) is 10.3 Å². The van der Waals surface area contributed by atoms with Crippen LogP contribution < -0.4 is 24.8 Å². The maximum atomic E-state index is 13.0. The van der Waals surface area contributed by atoms with E-state index in [1.807, 2.05) is 25.1 Å². The average molecular weight is 409 g/mol. The molecule has 3 aromatic rings. The highest BCUT2D eigenvalue weighted by Crippen LogP contribution is 2.35. The van der Waals surface area contributed by atoms with Gasteiger partial charge in [0.2, 0.25) is 0 Å². The second kappa shape index (κ2) is 9.13. The van der Waals surface area contributed by atoms with E-state index in [1.165, 1.54) is 27.4 Å². The number of carbonyl (C=O) groups excluding carboxylic acids is 2. The molecule has 8 nitrogen and oxygen atoms in total. The zero-order chi connectivity index (χ0) is 21.7. The molecule has 0 unspecified atom stereocenters. The van der Waals surface area contributed by atoms with Gasteiger partial charge in [0.1, 0.15) is 11.6 Å². The van der Waals surface area contributed by atoms with Gasteiger partial charge >= 0.3 is 0 Å². The number of amides is 2. The van der Waals surface area contributed by atoms with E-state index in [0.29, 0.717) is 40.3 Å². The van der Waals surface area contributed by atoms with Crippen LogP contribution >= 0.6 is 0 Å². The number of nitrogens with zero attached hydrogens (tertiary/aromatic N) is 1. The monoisotopic (exact) mass is 409 g/mol. The van der Waals surface area contributed by atoms with Gasteiger partial charge < -0.3 is 24.8 Å². The van der Waals surface area contributed by atoms with Gasteiger partial charge in [0.05, 0.1) is 38.0 Å². The van der Waals surface area contributed by atoms with Crippen molar-refractivity contribution >= 4 is 28.5 Å². The van der Waals surface area contributed by atoms with E-state index in [0.717, 1.165) is 0 Å². The topological polar surface area (TPSA) is 98.8 Å². The van der Waals surface area contributed by atoms with E-state index in [1.54, 1.807) is 18.2 Å². The van der Waals surface area contributed by atoms with Crippen molar-refractivity contribution in [2.45, 2.75) is 6.92 Å². The fraction of sp³-hybridized carbons (Fsp3) is 0.227. The van der Waals surface area contributed by atoms with E-state index in [-0.39, 0.29) is 17.3 Å². The lowest BCUT2D eigenvalue weighted by Crippen LogP contribution is -2.23. The van der Waals surface area contributed by atoms with Crippen LogP contribution in [-0.4, -0.2) is 44.7 Å². The van der Waals surface area contributed by atoms with Gasteiger partial charge in [-0.3, -0.25) is 9.59 Å². The molecule has 2 aromatic carbocycles. The second-order valence-electron chi connectivity index (χ2n) is 6.29. The van der Waals surface area contributed by atoms with Gasteiger partial charge in [-0.25, -0.2) is 4.98 Å². The Labute approximate surface area is 174 Å². The fourth-order valence-corrected chi connectivity index (χ4v) is 3.07. The van der Waals surface area contributed by atoms with Crippen LogP contribution in [0.2, 0.25) is 0 Å². The number of hydrogen-bond donors (Lipinski definition) is 2. The lowest BCUT2D eigenvalue weighted by molar-refractivity contribution is 0.0955. The lowest BCUT2D eigenvalue weighted by Gasteiger charge is -2.14. The molecule has 2 N–H and O–H groups in total.